The minimum absolute atomic E-state index is 0.000411. The van der Waals surface area contributed by atoms with Crippen molar-refractivity contribution < 1.29 is 21.6 Å². The lowest BCUT2D eigenvalue weighted by Crippen LogP contribution is -2.26. The maximum atomic E-state index is 12.8. The monoisotopic (exact) mass is 384 g/mol. The first-order chi connectivity index (χ1) is 10.5. The molecule has 23 heavy (non-hydrogen) atoms. The van der Waals surface area contributed by atoms with Crippen molar-refractivity contribution in [2.45, 2.75) is 24.5 Å². The molecule has 0 fully saturated rings. The number of halogens is 4. The van der Waals surface area contributed by atoms with Gasteiger partial charge in [0.05, 0.1) is 15.6 Å². The third-order valence-corrected chi connectivity index (χ3v) is 6.18. The second-order valence-corrected chi connectivity index (χ2v) is 8.49. The summed E-state index contributed by atoms with van der Waals surface area (Å²) in [6.45, 7) is 1.77. The zero-order chi connectivity index (χ0) is 17.4. The zero-order valence-electron chi connectivity index (χ0n) is 12.1. The van der Waals surface area contributed by atoms with Crippen LogP contribution in [0.25, 0.3) is 0 Å². The van der Waals surface area contributed by atoms with Gasteiger partial charge in [0.15, 0.2) is 0 Å². The van der Waals surface area contributed by atoms with E-state index in [-0.39, 0.29) is 11.6 Å². The molecule has 126 valence electrons. The van der Waals surface area contributed by atoms with E-state index in [1.807, 2.05) is 0 Å². The minimum atomic E-state index is -4.65. The summed E-state index contributed by atoms with van der Waals surface area (Å²) in [5, 5.41) is 0.508. The van der Waals surface area contributed by atoms with Crippen LogP contribution in [-0.2, 0) is 22.7 Å². The SMILES string of the molecule is Cc1ncc(CN(C)S(=O)(=O)c2cc(C(F)(F)F)ccc2Cl)s1. The van der Waals surface area contributed by atoms with Crippen LogP contribution in [0.5, 0.6) is 0 Å². The molecule has 0 aliphatic rings. The van der Waals surface area contributed by atoms with Gasteiger partial charge in [-0.15, -0.1) is 11.3 Å². The average molecular weight is 385 g/mol. The first-order valence-corrected chi connectivity index (χ1v) is 8.89. The van der Waals surface area contributed by atoms with Crippen molar-refractivity contribution in [3.05, 3.63) is 44.9 Å². The Balaban J connectivity index is 2.38. The summed E-state index contributed by atoms with van der Waals surface area (Å²) in [6, 6.07) is 2.22. The Hall–Kier alpha value is -1.16. The maximum Gasteiger partial charge on any atom is 0.416 e. The summed E-state index contributed by atoms with van der Waals surface area (Å²) in [5.41, 5.74) is -1.07. The Labute approximate surface area is 140 Å². The Morgan fingerprint density at radius 2 is 2.00 bits per heavy atom. The topological polar surface area (TPSA) is 50.3 Å². The second kappa shape index (κ2) is 6.39. The van der Waals surface area contributed by atoms with E-state index < -0.39 is 26.7 Å². The third kappa shape index (κ3) is 4.03. The molecule has 10 heteroatoms. The van der Waals surface area contributed by atoms with Gasteiger partial charge in [-0.05, 0) is 25.1 Å². The molecule has 0 saturated carbocycles. The molecule has 1 aromatic carbocycles. The third-order valence-electron chi connectivity index (χ3n) is 2.99. The van der Waals surface area contributed by atoms with Crippen LogP contribution in [0.1, 0.15) is 15.4 Å². The van der Waals surface area contributed by atoms with E-state index in [4.69, 9.17) is 11.6 Å². The minimum Gasteiger partial charge on any atom is -0.250 e. The average Bonchev–Trinajstić information content (AvgIpc) is 2.83. The number of alkyl halides is 3. The van der Waals surface area contributed by atoms with Crippen LogP contribution >= 0.6 is 22.9 Å². The highest BCUT2D eigenvalue weighted by molar-refractivity contribution is 7.89. The van der Waals surface area contributed by atoms with Gasteiger partial charge in [0.2, 0.25) is 10.0 Å². The van der Waals surface area contributed by atoms with Crippen LogP contribution < -0.4 is 0 Å². The first-order valence-electron chi connectivity index (χ1n) is 6.26. The van der Waals surface area contributed by atoms with E-state index in [1.165, 1.54) is 24.6 Å². The van der Waals surface area contributed by atoms with Crippen LogP contribution in [0.4, 0.5) is 13.2 Å². The summed E-state index contributed by atoms with van der Waals surface area (Å²) < 4.78 is 64.3. The molecule has 0 atom stereocenters. The van der Waals surface area contributed by atoms with Gasteiger partial charge in [0.25, 0.3) is 0 Å². The summed E-state index contributed by atoms with van der Waals surface area (Å²) >= 11 is 7.11. The highest BCUT2D eigenvalue weighted by Gasteiger charge is 2.33. The molecule has 0 saturated heterocycles. The number of aromatic nitrogens is 1. The number of hydrogen-bond donors (Lipinski definition) is 0. The van der Waals surface area contributed by atoms with Crippen molar-refractivity contribution in [1.29, 1.82) is 0 Å². The number of hydrogen-bond acceptors (Lipinski definition) is 4. The first kappa shape index (κ1) is 18.2. The lowest BCUT2D eigenvalue weighted by atomic mass is 10.2. The van der Waals surface area contributed by atoms with E-state index in [2.05, 4.69) is 4.98 Å². The van der Waals surface area contributed by atoms with Crippen molar-refractivity contribution in [2.75, 3.05) is 7.05 Å². The molecule has 2 rings (SSSR count). The fraction of sp³-hybridized carbons (Fsp3) is 0.308. The van der Waals surface area contributed by atoms with Crippen molar-refractivity contribution in [1.82, 2.24) is 9.29 Å². The van der Waals surface area contributed by atoms with Crippen LogP contribution in [0.15, 0.2) is 29.3 Å². The van der Waals surface area contributed by atoms with E-state index in [1.54, 1.807) is 6.92 Å². The standard InChI is InChI=1S/C13H12ClF3N2O2S2/c1-8-18-6-10(22-8)7-19(2)23(20,21)12-5-9(13(15,16)17)3-4-11(12)14/h3-6H,7H2,1-2H3. The normalized spacial score (nSPS) is 12.8. The van der Waals surface area contributed by atoms with Crippen LogP contribution in [-0.4, -0.2) is 24.8 Å². The number of aryl methyl sites for hydroxylation is 1. The number of benzene rings is 1. The number of nitrogens with zero attached hydrogens (tertiary/aromatic N) is 2. The van der Waals surface area contributed by atoms with Crippen molar-refractivity contribution >= 4 is 33.0 Å². The molecule has 0 spiro atoms. The lowest BCUT2D eigenvalue weighted by Gasteiger charge is -2.18. The van der Waals surface area contributed by atoms with Gasteiger partial charge < -0.3 is 0 Å². The van der Waals surface area contributed by atoms with Crippen molar-refractivity contribution in [2.24, 2.45) is 0 Å². The second-order valence-electron chi connectivity index (χ2n) is 4.75. The van der Waals surface area contributed by atoms with Crippen LogP contribution in [0.3, 0.4) is 0 Å². The Morgan fingerprint density at radius 3 is 2.52 bits per heavy atom. The van der Waals surface area contributed by atoms with Gasteiger partial charge in [-0.25, -0.2) is 13.4 Å². The molecule has 0 aliphatic heterocycles. The molecule has 4 nitrogen and oxygen atoms in total. The molecule has 2 aromatic rings. The zero-order valence-corrected chi connectivity index (χ0v) is 14.4. The lowest BCUT2D eigenvalue weighted by molar-refractivity contribution is -0.137. The Bertz CT molecular complexity index is 819. The van der Waals surface area contributed by atoms with Gasteiger partial charge in [-0.1, -0.05) is 11.6 Å². The quantitative estimate of drug-likeness (QED) is 0.802. The number of rotatable bonds is 4. The molecule has 0 bridgehead atoms. The Kier molecular flexibility index (Phi) is 5.05. The molecular weight excluding hydrogens is 373 g/mol. The summed E-state index contributed by atoms with van der Waals surface area (Å²) in [4.78, 5) is 4.12. The number of thiazole rings is 1. The van der Waals surface area contributed by atoms with Crippen molar-refractivity contribution in [3.8, 4) is 0 Å². The molecule has 0 unspecified atom stereocenters. The fourth-order valence-electron chi connectivity index (χ4n) is 1.83. The largest absolute Gasteiger partial charge is 0.416 e. The van der Waals surface area contributed by atoms with Crippen molar-refractivity contribution in [3.63, 3.8) is 0 Å². The van der Waals surface area contributed by atoms with Gasteiger partial charge >= 0.3 is 6.18 Å². The summed E-state index contributed by atoms with van der Waals surface area (Å²) in [6.07, 6.45) is -3.12. The van der Waals surface area contributed by atoms with Gasteiger partial charge in [-0.3, -0.25) is 0 Å². The van der Waals surface area contributed by atoms with Gasteiger partial charge in [0.1, 0.15) is 4.90 Å². The van der Waals surface area contributed by atoms with E-state index in [0.29, 0.717) is 10.9 Å². The number of sulfonamides is 1. The maximum absolute atomic E-state index is 12.8. The highest BCUT2D eigenvalue weighted by Crippen LogP contribution is 2.34. The predicted octanol–water partition coefficient (Wildman–Crippen LogP) is 3.94. The van der Waals surface area contributed by atoms with E-state index in [9.17, 15) is 21.6 Å². The predicted molar refractivity (Wildman–Crippen MR) is 82.0 cm³/mol. The molecule has 0 aliphatic carbocycles. The molecule has 0 N–H and O–H groups in total. The van der Waals surface area contributed by atoms with Gasteiger partial charge in [0, 0.05) is 24.7 Å². The highest BCUT2D eigenvalue weighted by atomic mass is 35.5. The van der Waals surface area contributed by atoms with E-state index in [0.717, 1.165) is 21.4 Å². The Morgan fingerprint density at radius 1 is 1.35 bits per heavy atom. The molecule has 0 amide bonds. The van der Waals surface area contributed by atoms with E-state index >= 15 is 0 Å². The summed E-state index contributed by atoms with van der Waals surface area (Å²) in [7, 11) is -2.88. The van der Waals surface area contributed by atoms with Crippen LogP contribution in [0, 0.1) is 6.92 Å². The molecule has 1 aromatic heterocycles. The molecule has 1 heterocycles. The summed E-state index contributed by atoms with van der Waals surface area (Å²) in [5.74, 6) is 0. The van der Waals surface area contributed by atoms with Gasteiger partial charge in [-0.2, -0.15) is 17.5 Å². The molecule has 0 radical (unpaired) electrons. The fourth-order valence-corrected chi connectivity index (χ4v) is 4.40. The van der Waals surface area contributed by atoms with Crippen LogP contribution in [0.2, 0.25) is 5.02 Å². The smallest absolute Gasteiger partial charge is 0.250 e. The molecular formula is C13H12ClF3N2O2S2.